The van der Waals surface area contributed by atoms with Crippen LogP contribution in [0.15, 0.2) is 84.9 Å². The Hall–Kier alpha value is -5.64. The van der Waals surface area contributed by atoms with Crippen LogP contribution in [0.25, 0.3) is 10.8 Å². The lowest BCUT2D eigenvalue weighted by Crippen LogP contribution is -2.54. The number of imide groups is 2. The first-order valence-corrected chi connectivity index (χ1v) is 15.0. The van der Waals surface area contributed by atoms with Crippen molar-refractivity contribution < 1.29 is 28.8 Å². The summed E-state index contributed by atoms with van der Waals surface area (Å²) in [5.41, 5.74) is 2.21. The Balaban J connectivity index is 1.08. The topological polar surface area (TPSA) is 142 Å². The molecule has 0 saturated carbocycles. The molecule has 3 N–H and O–H groups in total. The van der Waals surface area contributed by atoms with Gasteiger partial charge in [0.15, 0.2) is 0 Å². The summed E-state index contributed by atoms with van der Waals surface area (Å²) in [6.07, 6.45) is 0.345. The number of amides is 6. The van der Waals surface area contributed by atoms with Crippen LogP contribution in [0, 0.1) is 0 Å². The Labute approximate surface area is 265 Å². The number of carbonyl (C=O) groups is 6. The molecule has 1 fully saturated rings. The van der Waals surface area contributed by atoms with Gasteiger partial charge in [-0.1, -0.05) is 66.7 Å². The molecule has 4 aromatic carbocycles. The smallest absolute Gasteiger partial charge is 0.262 e. The molecule has 0 spiro atoms. The van der Waals surface area contributed by atoms with Crippen LogP contribution in [-0.4, -0.2) is 46.4 Å². The van der Waals surface area contributed by atoms with Crippen molar-refractivity contribution in [1.82, 2.24) is 20.9 Å². The highest BCUT2D eigenvalue weighted by atomic mass is 16.2. The van der Waals surface area contributed by atoms with E-state index in [0.29, 0.717) is 6.54 Å². The van der Waals surface area contributed by atoms with E-state index in [1.807, 2.05) is 80.6 Å². The van der Waals surface area contributed by atoms with E-state index in [-0.39, 0.29) is 41.9 Å². The number of nitrogens with zero attached hydrogens (tertiary/aromatic N) is 1. The Kier molecular flexibility index (Phi) is 7.95. The summed E-state index contributed by atoms with van der Waals surface area (Å²) in [5.74, 6) is -2.98. The molecule has 1 atom stereocenters. The maximum atomic E-state index is 13.3. The largest absolute Gasteiger partial charge is 0.352 e. The molecule has 2 heterocycles. The zero-order valence-corrected chi connectivity index (χ0v) is 25.4. The molecule has 2 aliphatic heterocycles. The molecule has 0 radical (unpaired) electrons. The fourth-order valence-corrected chi connectivity index (χ4v) is 5.96. The van der Waals surface area contributed by atoms with Crippen LogP contribution in [0.3, 0.4) is 0 Å². The average Bonchev–Trinajstić information content (AvgIpc) is 3.28. The number of hydrogen-bond donors (Lipinski definition) is 3. The van der Waals surface area contributed by atoms with Crippen molar-refractivity contribution in [2.24, 2.45) is 0 Å². The van der Waals surface area contributed by atoms with Gasteiger partial charge in [-0.25, -0.2) is 0 Å². The second-order valence-electron chi connectivity index (χ2n) is 12.1. The van der Waals surface area contributed by atoms with Gasteiger partial charge in [0.1, 0.15) is 6.04 Å². The van der Waals surface area contributed by atoms with Crippen LogP contribution in [-0.2, 0) is 32.9 Å². The normalized spacial score (nSPS) is 16.3. The standard InChI is InChI=1S/C36H32N4O6/c1-36(2,25-13-10-21(11-14-25)20-37-31(42)19-23-8-5-7-22-6-3-4-9-26(22)23)39-32(43)24-12-15-27-28(18-24)35(46)40(34(27)45)29-16-17-30(41)38-33(29)44/h3-15,18,29H,16-17,19-20H2,1-2H3,(H,37,42)(H,39,43)(H,38,41,44). The van der Waals surface area contributed by atoms with Gasteiger partial charge < -0.3 is 10.6 Å². The van der Waals surface area contributed by atoms with E-state index in [1.54, 1.807) is 0 Å². The van der Waals surface area contributed by atoms with Gasteiger partial charge in [-0.15, -0.1) is 0 Å². The van der Waals surface area contributed by atoms with Crippen LogP contribution in [0.2, 0.25) is 0 Å². The summed E-state index contributed by atoms with van der Waals surface area (Å²) < 4.78 is 0. The van der Waals surface area contributed by atoms with Crippen LogP contribution in [0.4, 0.5) is 0 Å². The van der Waals surface area contributed by atoms with Crippen molar-refractivity contribution in [3.8, 4) is 0 Å². The zero-order valence-electron chi connectivity index (χ0n) is 25.4. The molecule has 4 aromatic rings. The van der Waals surface area contributed by atoms with E-state index in [1.165, 1.54) is 18.2 Å². The molecule has 0 aromatic heterocycles. The van der Waals surface area contributed by atoms with Gasteiger partial charge in [-0.2, -0.15) is 0 Å². The van der Waals surface area contributed by atoms with Crippen LogP contribution < -0.4 is 16.0 Å². The molecule has 1 saturated heterocycles. The first-order chi connectivity index (χ1) is 22.0. The van der Waals surface area contributed by atoms with Gasteiger partial charge in [-0.05, 0) is 65.9 Å². The first-order valence-electron chi connectivity index (χ1n) is 15.0. The second-order valence-corrected chi connectivity index (χ2v) is 12.1. The lowest BCUT2D eigenvalue weighted by molar-refractivity contribution is -0.136. The maximum Gasteiger partial charge on any atom is 0.262 e. The molecule has 10 heteroatoms. The second kappa shape index (κ2) is 12.0. The van der Waals surface area contributed by atoms with E-state index in [0.717, 1.165) is 32.4 Å². The van der Waals surface area contributed by atoms with Gasteiger partial charge in [0.2, 0.25) is 17.7 Å². The Morgan fingerprint density at radius 2 is 1.59 bits per heavy atom. The fourth-order valence-electron chi connectivity index (χ4n) is 5.96. The monoisotopic (exact) mass is 616 g/mol. The third-order valence-electron chi connectivity index (χ3n) is 8.52. The third-order valence-corrected chi connectivity index (χ3v) is 8.52. The number of benzene rings is 4. The lowest BCUT2D eigenvalue weighted by Gasteiger charge is -2.27. The van der Waals surface area contributed by atoms with E-state index in [4.69, 9.17) is 0 Å². The van der Waals surface area contributed by atoms with Crippen LogP contribution in [0.1, 0.15) is 74.5 Å². The molecule has 46 heavy (non-hydrogen) atoms. The number of rotatable bonds is 8. The molecule has 0 aliphatic carbocycles. The highest BCUT2D eigenvalue weighted by Gasteiger charge is 2.44. The number of fused-ring (bicyclic) bond motifs is 2. The highest BCUT2D eigenvalue weighted by molar-refractivity contribution is 6.24. The number of hydrogen-bond acceptors (Lipinski definition) is 6. The molecule has 232 valence electrons. The lowest BCUT2D eigenvalue weighted by atomic mass is 9.92. The first kappa shape index (κ1) is 30.4. The maximum absolute atomic E-state index is 13.3. The molecule has 6 rings (SSSR count). The van der Waals surface area contributed by atoms with Gasteiger partial charge >= 0.3 is 0 Å². The minimum absolute atomic E-state index is 0.0219. The van der Waals surface area contributed by atoms with Crippen LogP contribution in [0.5, 0.6) is 0 Å². The third kappa shape index (κ3) is 5.89. The SMILES string of the molecule is CC(C)(NC(=O)c1ccc2c(c1)C(=O)N(C1CCC(=O)NC1=O)C2=O)c1ccc(CNC(=O)Cc2cccc3ccccc23)cc1. The van der Waals surface area contributed by atoms with Gasteiger partial charge in [0.25, 0.3) is 17.7 Å². The number of carbonyl (C=O) groups excluding carboxylic acids is 6. The molecule has 1 unspecified atom stereocenters. The molecule has 2 aliphatic rings. The minimum atomic E-state index is -1.08. The summed E-state index contributed by atoms with van der Waals surface area (Å²) in [7, 11) is 0. The molecule has 10 nitrogen and oxygen atoms in total. The summed E-state index contributed by atoms with van der Waals surface area (Å²) >= 11 is 0. The predicted octanol–water partition coefficient (Wildman–Crippen LogP) is 3.77. The summed E-state index contributed by atoms with van der Waals surface area (Å²) in [6, 6.07) is 24.6. The molecule has 6 amide bonds. The van der Waals surface area contributed by atoms with Crippen molar-refractivity contribution in [2.45, 2.75) is 51.2 Å². The molecular formula is C36H32N4O6. The van der Waals surface area contributed by atoms with Gasteiger partial charge in [0, 0.05) is 18.5 Å². The van der Waals surface area contributed by atoms with Crippen LogP contribution >= 0.6 is 0 Å². The van der Waals surface area contributed by atoms with E-state index >= 15 is 0 Å². The fraction of sp³-hybridized carbons (Fsp3) is 0.222. The summed E-state index contributed by atoms with van der Waals surface area (Å²) in [4.78, 5) is 76.9. The molecular weight excluding hydrogens is 584 g/mol. The van der Waals surface area contributed by atoms with Crippen molar-refractivity contribution in [1.29, 1.82) is 0 Å². The number of piperidine rings is 1. The summed E-state index contributed by atoms with van der Waals surface area (Å²) in [5, 5.41) is 10.3. The highest BCUT2D eigenvalue weighted by Crippen LogP contribution is 2.29. The average molecular weight is 617 g/mol. The van der Waals surface area contributed by atoms with E-state index in [2.05, 4.69) is 16.0 Å². The molecule has 0 bridgehead atoms. The summed E-state index contributed by atoms with van der Waals surface area (Å²) in [6.45, 7) is 4.05. The zero-order chi connectivity index (χ0) is 32.6. The predicted molar refractivity (Wildman–Crippen MR) is 170 cm³/mol. The Morgan fingerprint density at radius 1 is 0.870 bits per heavy atom. The minimum Gasteiger partial charge on any atom is -0.352 e. The van der Waals surface area contributed by atoms with Crippen molar-refractivity contribution >= 4 is 46.2 Å². The van der Waals surface area contributed by atoms with E-state index < -0.39 is 41.1 Å². The van der Waals surface area contributed by atoms with Gasteiger partial charge in [-0.3, -0.25) is 39.0 Å². The van der Waals surface area contributed by atoms with Crippen molar-refractivity contribution in [3.05, 3.63) is 118 Å². The Morgan fingerprint density at radius 3 is 2.35 bits per heavy atom. The van der Waals surface area contributed by atoms with Gasteiger partial charge in [0.05, 0.1) is 23.1 Å². The quantitative estimate of drug-likeness (QED) is 0.258. The number of nitrogens with one attached hydrogen (secondary N) is 3. The van der Waals surface area contributed by atoms with Crippen molar-refractivity contribution in [2.75, 3.05) is 0 Å². The van der Waals surface area contributed by atoms with E-state index in [9.17, 15) is 28.8 Å². The Bertz CT molecular complexity index is 1930. The van der Waals surface area contributed by atoms with Crippen molar-refractivity contribution in [3.63, 3.8) is 0 Å².